The van der Waals surface area contributed by atoms with Crippen LogP contribution >= 0.6 is 0 Å². The summed E-state index contributed by atoms with van der Waals surface area (Å²) in [6, 6.07) is 56.5. The van der Waals surface area contributed by atoms with Gasteiger partial charge in [0.15, 0.2) is 0 Å². The smallest absolute Gasteiger partial charge is 0.139 e. The Morgan fingerprint density at radius 2 is 1.31 bits per heavy atom. The second-order valence-electron chi connectivity index (χ2n) is 13.3. The first-order chi connectivity index (χ1) is 26.5. The van der Waals surface area contributed by atoms with Crippen molar-refractivity contribution in [2.45, 2.75) is 20.8 Å². The first kappa shape index (κ1) is 37.1. The number of hydrogen-bond donors (Lipinski definition) is 0. The fraction of sp³-hybridized carbons (Fsp3) is 0.0600. The van der Waals surface area contributed by atoms with Gasteiger partial charge < -0.3 is 14.4 Å². The molecule has 0 unspecified atom stereocenters. The van der Waals surface area contributed by atoms with E-state index in [1.165, 1.54) is 22.3 Å². The molecule has 9 aromatic rings. The number of aryl methyl sites for hydroxylation is 3. The molecule has 4 nitrogen and oxygen atoms in total. The molecular formula is C50H37IrN3O-2. The Hall–Kier alpha value is -6.26. The predicted molar refractivity (Wildman–Crippen MR) is 221 cm³/mol. The third kappa shape index (κ3) is 8.14. The van der Waals surface area contributed by atoms with Crippen LogP contribution in [-0.4, -0.2) is 15.0 Å². The van der Waals surface area contributed by atoms with Crippen LogP contribution in [0.3, 0.4) is 0 Å². The molecule has 4 aromatic heterocycles. The zero-order valence-electron chi connectivity index (χ0n) is 30.7. The van der Waals surface area contributed by atoms with E-state index in [0.29, 0.717) is 0 Å². The Labute approximate surface area is 336 Å². The first-order valence-corrected chi connectivity index (χ1v) is 18.0. The van der Waals surface area contributed by atoms with Gasteiger partial charge in [-0.1, -0.05) is 118 Å². The molecule has 0 saturated heterocycles. The second kappa shape index (κ2) is 16.8. The van der Waals surface area contributed by atoms with E-state index in [2.05, 4.69) is 127 Å². The van der Waals surface area contributed by atoms with Crippen LogP contribution in [0.25, 0.3) is 78.2 Å². The minimum atomic E-state index is 0. The molecule has 0 saturated carbocycles. The standard InChI is InChI=1S/C33H25N2O.C17H12N.Ir/c1-21-6-4-7-24(16-21)28-11-9-26(31-17-22(2)13-15-35-31)19-30(28)25-10-12-32-29(18-25)23(3)33(36-32)27-8-5-14-34-20-27;1-2-8-14(9-3-1)15-10-4-5-11-16(15)17-12-6-7-13-18-17;/h4-8,10-20H,1-3H3;1-10,12-13H;/q2*-1;. The average Bonchev–Trinajstić information content (AvgIpc) is 3.57. The van der Waals surface area contributed by atoms with E-state index in [1.807, 2.05) is 85.3 Å². The maximum Gasteiger partial charge on any atom is 0.139 e. The molecule has 4 heterocycles. The summed E-state index contributed by atoms with van der Waals surface area (Å²) in [6.45, 7) is 6.32. The number of hydrogen-bond acceptors (Lipinski definition) is 4. The summed E-state index contributed by atoms with van der Waals surface area (Å²) < 4.78 is 6.26. The summed E-state index contributed by atoms with van der Waals surface area (Å²) >= 11 is 0. The van der Waals surface area contributed by atoms with Crippen LogP contribution in [0.5, 0.6) is 0 Å². The van der Waals surface area contributed by atoms with Gasteiger partial charge in [-0.2, -0.15) is 0 Å². The number of rotatable bonds is 6. The van der Waals surface area contributed by atoms with Gasteiger partial charge in [-0.3, -0.25) is 4.98 Å². The van der Waals surface area contributed by atoms with Crippen molar-refractivity contribution in [1.82, 2.24) is 15.0 Å². The van der Waals surface area contributed by atoms with E-state index < -0.39 is 0 Å². The van der Waals surface area contributed by atoms with Crippen molar-refractivity contribution in [1.29, 1.82) is 0 Å². The molecule has 5 heteroatoms. The van der Waals surface area contributed by atoms with Crippen LogP contribution in [0.2, 0.25) is 0 Å². The summed E-state index contributed by atoms with van der Waals surface area (Å²) in [4.78, 5) is 13.3. The van der Waals surface area contributed by atoms with Gasteiger partial charge in [-0.25, -0.2) is 0 Å². The Bertz CT molecular complexity index is 2630. The summed E-state index contributed by atoms with van der Waals surface area (Å²) in [5, 5.41) is 1.10. The van der Waals surface area contributed by atoms with Crippen molar-refractivity contribution in [3.05, 3.63) is 199 Å². The minimum absolute atomic E-state index is 0. The summed E-state index contributed by atoms with van der Waals surface area (Å²) in [7, 11) is 0. The number of fused-ring (bicyclic) bond motifs is 1. The maximum absolute atomic E-state index is 6.26. The number of nitrogens with zero attached hydrogens (tertiary/aromatic N) is 3. The molecule has 0 amide bonds. The minimum Gasteiger partial charge on any atom is -0.456 e. The van der Waals surface area contributed by atoms with Crippen molar-refractivity contribution in [2.24, 2.45) is 0 Å². The van der Waals surface area contributed by atoms with E-state index in [9.17, 15) is 0 Å². The van der Waals surface area contributed by atoms with E-state index in [4.69, 9.17) is 4.42 Å². The number of pyridine rings is 3. The molecule has 0 bridgehead atoms. The van der Waals surface area contributed by atoms with Gasteiger partial charge in [0.1, 0.15) is 11.3 Å². The maximum atomic E-state index is 6.26. The molecule has 55 heavy (non-hydrogen) atoms. The van der Waals surface area contributed by atoms with Crippen LogP contribution in [0.15, 0.2) is 175 Å². The second-order valence-corrected chi connectivity index (χ2v) is 13.3. The van der Waals surface area contributed by atoms with Crippen molar-refractivity contribution < 1.29 is 24.5 Å². The van der Waals surface area contributed by atoms with Gasteiger partial charge in [-0.05, 0) is 74.1 Å². The SMILES string of the molecule is Cc1cccc(-c2c[c-]c(-c3cc(C)ccn3)cc2-c2ccc3oc(-c4cccnc4)c(C)c3c2)c1.[Ir].[c-]1cccc(-c2ccccc2)c1-c1ccccn1. The largest absolute Gasteiger partial charge is 0.456 e. The number of benzene rings is 5. The molecule has 5 aromatic carbocycles. The first-order valence-electron chi connectivity index (χ1n) is 18.0. The summed E-state index contributed by atoms with van der Waals surface area (Å²) in [5.74, 6) is 0.861. The third-order valence-corrected chi connectivity index (χ3v) is 9.50. The molecule has 0 aliphatic carbocycles. The van der Waals surface area contributed by atoms with Gasteiger partial charge in [0, 0.05) is 61.4 Å². The van der Waals surface area contributed by atoms with E-state index in [0.717, 1.165) is 72.6 Å². The number of furan rings is 1. The molecule has 0 atom stereocenters. The van der Waals surface area contributed by atoms with E-state index in [1.54, 1.807) is 6.20 Å². The van der Waals surface area contributed by atoms with Crippen molar-refractivity contribution in [2.75, 3.05) is 0 Å². The summed E-state index contributed by atoms with van der Waals surface area (Å²) in [6.07, 6.45) is 7.29. The normalized spacial score (nSPS) is 10.7. The Morgan fingerprint density at radius 1 is 0.527 bits per heavy atom. The van der Waals surface area contributed by atoms with Crippen LogP contribution in [0.1, 0.15) is 16.7 Å². The number of aromatic nitrogens is 3. The zero-order valence-corrected chi connectivity index (χ0v) is 33.1. The molecule has 0 aliphatic heterocycles. The van der Waals surface area contributed by atoms with Crippen molar-refractivity contribution in [3.8, 4) is 67.2 Å². The van der Waals surface area contributed by atoms with Crippen molar-refractivity contribution >= 4 is 11.0 Å². The fourth-order valence-electron chi connectivity index (χ4n) is 6.79. The van der Waals surface area contributed by atoms with Gasteiger partial charge in [0.2, 0.25) is 0 Å². The van der Waals surface area contributed by atoms with Crippen LogP contribution in [0.4, 0.5) is 0 Å². The monoisotopic (exact) mass is 888 g/mol. The van der Waals surface area contributed by atoms with Gasteiger partial charge in [-0.15, -0.1) is 53.6 Å². The van der Waals surface area contributed by atoms with Gasteiger partial charge >= 0.3 is 0 Å². The van der Waals surface area contributed by atoms with Crippen LogP contribution < -0.4 is 0 Å². The Morgan fingerprint density at radius 3 is 2.09 bits per heavy atom. The Balaban J connectivity index is 0.000000206. The molecule has 1 radical (unpaired) electrons. The Kier molecular flexibility index (Phi) is 11.3. The fourth-order valence-corrected chi connectivity index (χ4v) is 6.79. The molecule has 0 fully saturated rings. The molecule has 0 N–H and O–H groups in total. The molecular weight excluding hydrogens is 851 g/mol. The predicted octanol–water partition coefficient (Wildman–Crippen LogP) is 12.8. The summed E-state index contributed by atoms with van der Waals surface area (Å²) in [5.41, 5.74) is 16.2. The molecule has 269 valence electrons. The topological polar surface area (TPSA) is 51.8 Å². The van der Waals surface area contributed by atoms with Crippen molar-refractivity contribution in [3.63, 3.8) is 0 Å². The van der Waals surface area contributed by atoms with E-state index in [-0.39, 0.29) is 20.1 Å². The molecule has 9 rings (SSSR count). The average molecular weight is 888 g/mol. The van der Waals surface area contributed by atoms with Crippen LogP contribution in [0, 0.1) is 32.9 Å². The van der Waals surface area contributed by atoms with Gasteiger partial charge in [0.05, 0.1) is 0 Å². The molecule has 0 spiro atoms. The third-order valence-electron chi connectivity index (χ3n) is 9.50. The van der Waals surface area contributed by atoms with E-state index >= 15 is 0 Å². The molecule has 0 aliphatic rings. The van der Waals surface area contributed by atoms with Gasteiger partial charge in [0.25, 0.3) is 0 Å². The quantitative estimate of drug-likeness (QED) is 0.156. The zero-order chi connectivity index (χ0) is 36.9. The van der Waals surface area contributed by atoms with Crippen LogP contribution in [-0.2, 0) is 20.1 Å².